The predicted octanol–water partition coefficient (Wildman–Crippen LogP) is 14.1. The third-order valence-corrected chi connectivity index (χ3v) is 10.5. The van der Waals surface area contributed by atoms with E-state index >= 15 is 0 Å². The molecular formula is C56H54F6N2. The highest BCUT2D eigenvalue weighted by Crippen LogP contribution is 2.30. The summed E-state index contributed by atoms with van der Waals surface area (Å²) in [5.41, 5.74) is 4.97. The van der Waals surface area contributed by atoms with Crippen molar-refractivity contribution in [2.24, 2.45) is 0 Å². The van der Waals surface area contributed by atoms with Crippen molar-refractivity contribution in [1.29, 1.82) is 0 Å². The third-order valence-electron chi connectivity index (χ3n) is 10.5. The summed E-state index contributed by atoms with van der Waals surface area (Å²) in [6.45, 7) is 12.7. The Morgan fingerprint density at radius 2 is 0.578 bits per heavy atom. The summed E-state index contributed by atoms with van der Waals surface area (Å²) < 4.78 is 79.9. The summed E-state index contributed by atoms with van der Waals surface area (Å²) in [5, 5.41) is 0. The van der Waals surface area contributed by atoms with Crippen molar-refractivity contribution in [1.82, 2.24) is 0 Å². The van der Waals surface area contributed by atoms with Crippen molar-refractivity contribution >= 4 is 11.4 Å². The van der Waals surface area contributed by atoms with Gasteiger partial charge in [0.15, 0.2) is 0 Å². The Bertz CT molecular complexity index is 2330. The summed E-state index contributed by atoms with van der Waals surface area (Å²) in [6.07, 6.45) is -0.153. The summed E-state index contributed by atoms with van der Waals surface area (Å²) in [5.74, 6) is 25.3. The van der Waals surface area contributed by atoms with Crippen LogP contribution in [0.4, 0.5) is 37.7 Å². The van der Waals surface area contributed by atoms with Gasteiger partial charge in [-0.3, -0.25) is 0 Å². The lowest BCUT2D eigenvalue weighted by atomic mass is 9.97. The number of nitrogens with zero attached hydrogens (tertiary/aromatic N) is 2. The Hall–Kier alpha value is -6.48. The van der Waals surface area contributed by atoms with Gasteiger partial charge < -0.3 is 9.80 Å². The molecule has 0 aromatic heterocycles. The van der Waals surface area contributed by atoms with E-state index in [0.29, 0.717) is 33.4 Å². The number of unbranched alkanes of at least 4 members (excludes halogenated alkanes) is 4. The van der Waals surface area contributed by atoms with Gasteiger partial charge in [0, 0.05) is 82.1 Å². The molecule has 5 aromatic rings. The molecule has 64 heavy (non-hydrogen) atoms. The lowest BCUT2D eigenvalue weighted by Crippen LogP contribution is -2.25. The first-order chi connectivity index (χ1) is 30.8. The molecule has 0 atom stereocenters. The number of hydrogen-bond acceptors (Lipinski definition) is 2. The Morgan fingerprint density at radius 1 is 0.344 bits per heavy atom. The lowest BCUT2D eigenvalue weighted by Gasteiger charge is -2.24. The fraction of sp³-hybridized carbons (Fsp3) is 0.321. The monoisotopic (exact) mass is 868 g/mol. The average molecular weight is 869 g/mol. The molecule has 0 aliphatic rings. The van der Waals surface area contributed by atoms with Gasteiger partial charge in [0.05, 0.1) is 11.1 Å². The Morgan fingerprint density at radius 3 is 0.797 bits per heavy atom. The van der Waals surface area contributed by atoms with Gasteiger partial charge in [0.1, 0.15) is 0 Å². The first kappa shape index (κ1) is 48.6. The van der Waals surface area contributed by atoms with Crippen LogP contribution in [0.25, 0.3) is 0 Å². The predicted molar refractivity (Wildman–Crippen MR) is 250 cm³/mol. The first-order valence-electron chi connectivity index (χ1n) is 22.1. The molecular weight excluding hydrogens is 815 g/mol. The van der Waals surface area contributed by atoms with Crippen molar-refractivity contribution in [3.05, 3.63) is 165 Å². The minimum atomic E-state index is -4.49. The molecule has 0 saturated carbocycles. The van der Waals surface area contributed by atoms with Gasteiger partial charge in [-0.15, -0.1) is 0 Å². The number of benzene rings is 5. The van der Waals surface area contributed by atoms with Gasteiger partial charge in [0.25, 0.3) is 0 Å². The highest BCUT2D eigenvalue weighted by molar-refractivity contribution is 5.65. The topological polar surface area (TPSA) is 6.48 Å². The molecule has 0 spiro atoms. The van der Waals surface area contributed by atoms with Gasteiger partial charge in [-0.1, -0.05) is 101 Å². The van der Waals surface area contributed by atoms with Crippen LogP contribution in [0.5, 0.6) is 0 Å². The van der Waals surface area contributed by atoms with Gasteiger partial charge in [0.2, 0.25) is 0 Å². The molecule has 0 aliphatic carbocycles. The zero-order valence-corrected chi connectivity index (χ0v) is 37.0. The molecule has 0 N–H and O–H groups in total. The largest absolute Gasteiger partial charge is 0.416 e. The third kappa shape index (κ3) is 14.8. The highest BCUT2D eigenvalue weighted by atomic mass is 19.4. The molecule has 5 aromatic carbocycles. The van der Waals surface area contributed by atoms with Gasteiger partial charge in [-0.25, -0.2) is 0 Å². The van der Waals surface area contributed by atoms with Crippen LogP contribution in [0.1, 0.15) is 135 Å². The standard InChI is InChI=1S/C56H54F6N2/c1-5-9-37-63(38-10-6-2)53-33-21-45(22-34-53)15-27-49-41-47(25-13-43-17-29-51(30-18-43)55(57,58)59)48(26-14-44-19-31-52(32-20-44)56(60,61)62)42-50(49)28-16-46-23-35-54(36-24-46)64(39-11-7-3)40-12-8-4/h17-24,29-36,41-42H,5-12,37-40H2,1-4H3. The van der Waals surface area contributed by atoms with Crippen LogP contribution in [0.15, 0.2) is 109 Å². The number of hydrogen-bond donors (Lipinski definition) is 0. The second-order valence-electron chi connectivity index (χ2n) is 15.6. The minimum absolute atomic E-state index is 0.351. The second kappa shape index (κ2) is 23.8. The van der Waals surface area contributed by atoms with Crippen molar-refractivity contribution in [3.8, 4) is 47.4 Å². The fourth-order valence-electron chi connectivity index (χ4n) is 6.70. The fourth-order valence-corrected chi connectivity index (χ4v) is 6.70. The SMILES string of the molecule is CCCCN(CCCC)c1ccc(C#Cc2cc(C#Cc3ccc(C(F)(F)F)cc3)c(C#Cc3ccc(C(F)(F)F)cc3)cc2C#Cc2ccc(N(CCCC)CCCC)cc2)cc1. The van der Waals surface area contributed by atoms with E-state index in [-0.39, 0.29) is 0 Å². The minimum Gasteiger partial charge on any atom is -0.372 e. The molecule has 330 valence electrons. The van der Waals surface area contributed by atoms with Crippen LogP contribution in [0.3, 0.4) is 0 Å². The van der Waals surface area contributed by atoms with E-state index in [1.165, 1.54) is 24.3 Å². The van der Waals surface area contributed by atoms with Crippen molar-refractivity contribution < 1.29 is 26.3 Å². The normalized spacial score (nSPS) is 10.9. The smallest absolute Gasteiger partial charge is 0.372 e. The Balaban J connectivity index is 1.62. The highest BCUT2D eigenvalue weighted by Gasteiger charge is 2.30. The molecule has 0 fully saturated rings. The average Bonchev–Trinajstić information content (AvgIpc) is 3.29. The summed E-state index contributed by atoms with van der Waals surface area (Å²) in [6, 6.07) is 29.0. The second-order valence-corrected chi connectivity index (χ2v) is 15.6. The van der Waals surface area contributed by atoms with Crippen LogP contribution < -0.4 is 9.80 Å². The van der Waals surface area contributed by atoms with Crippen molar-refractivity contribution in [2.45, 2.75) is 91.4 Å². The van der Waals surface area contributed by atoms with Gasteiger partial charge in [-0.05, 0) is 135 Å². The van der Waals surface area contributed by atoms with Crippen LogP contribution in [-0.2, 0) is 12.4 Å². The van der Waals surface area contributed by atoms with E-state index < -0.39 is 23.5 Å². The number of alkyl halides is 6. The number of rotatable bonds is 14. The quantitative estimate of drug-likeness (QED) is 0.0810. The van der Waals surface area contributed by atoms with E-state index in [0.717, 1.165) is 124 Å². The number of halogens is 6. The van der Waals surface area contributed by atoms with Crippen molar-refractivity contribution in [3.63, 3.8) is 0 Å². The van der Waals surface area contributed by atoms with E-state index in [1.54, 1.807) is 12.1 Å². The van der Waals surface area contributed by atoms with E-state index in [1.807, 2.05) is 24.3 Å². The molecule has 0 amide bonds. The molecule has 0 radical (unpaired) electrons. The molecule has 0 bridgehead atoms. The van der Waals surface area contributed by atoms with E-state index in [4.69, 9.17) is 0 Å². The zero-order valence-electron chi connectivity index (χ0n) is 37.0. The molecule has 8 heteroatoms. The molecule has 0 saturated heterocycles. The molecule has 0 aliphatic heterocycles. The van der Waals surface area contributed by atoms with E-state index in [9.17, 15) is 26.3 Å². The Labute approximate surface area is 376 Å². The van der Waals surface area contributed by atoms with Gasteiger partial charge >= 0.3 is 12.4 Å². The maximum absolute atomic E-state index is 13.3. The van der Waals surface area contributed by atoms with Crippen LogP contribution >= 0.6 is 0 Å². The lowest BCUT2D eigenvalue weighted by molar-refractivity contribution is -0.138. The summed E-state index contributed by atoms with van der Waals surface area (Å²) in [7, 11) is 0. The number of anilines is 2. The molecule has 2 nitrogen and oxygen atoms in total. The maximum Gasteiger partial charge on any atom is 0.416 e. The first-order valence-corrected chi connectivity index (χ1v) is 22.1. The molecule has 5 rings (SSSR count). The van der Waals surface area contributed by atoms with Crippen LogP contribution in [0.2, 0.25) is 0 Å². The maximum atomic E-state index is 13.3. The Kier molecular flexibility index (Phi) is 18.1. The van der Waals surface area contributed by atoms with Crippen molar-refractivity contribution in [2.75, 3.05) is 36.0 Å². The summed E-state index contributed by atoms with van der Waals surface area (Å²) in [4.78, 5) is 4.81. The van der Waals surface area contributed by atoms with E-state index in [2.05, 4.69) is 109 Å². The molecule has 0 heterocycles. The van der Waals surface area contributed by atoms with Gasteiger partial charge in [-0.2, -0.15) is 26.3 Å². The molecule has 0 unspecified atom stereocenters. The van der Waals surface area contributed by atoms with Crippen LogP contribution in [-0.4, -0.2) is 26.2 Å². The summed E-state index contributed by atoms with van der Waals surface area (Å²) >= 11 is 0. The van der Waals surface area contributed by atoms with Crippen LogP contribution in [0, 0.1) is 47.4 Å². The zero-order chi connectivity index (χ0) is 46.0.